The first-order chi connectivity index (χ1) is 8.16. The lowest BCUT2D eigenvalue weighted by Crippen LogP contribution is -2.32. The largest absolute Gasteiger partial charge is 0.315 e. The topological polar surface area (TPSA) is 58.4 Å². The first-order valence-corrected chi connectivity index (χ1v) is 5.81. The Morgan fingerprint density at radius 1 is 1.47 bits per heavy atom. The normalized spacial score (nSPS) is 19.8. The van der Waals surface area contributed by atoms with Crippen LogP contribution in [0.4, 0.5) is 5.69 Å². The second-order valence-electron chi connectivity index (χ2n) is 4.49. The average Bonchev–Trinajstić information content (AvgIpc) is 2.83. The molecule has 0 radical (unpaired) electrons. The quantitative estimate of drug-likeness (QED) is 0.633. The first kappa shape index (κ1) is 12.0. The molecule has 0 saturated carbocycles. The molecule has 2 rings (SSSR count). The van der Waals surface area contributed by atoms with E-state index in [1.165, 1.54) is 6.42 Å². The van der Waals surface area contributed by atoms with Crippen molar-refractivity contribution in [2.45, 2.75) is 19.0 Å². The Morgan fingerprint density at radius 3 is 2.71 bits per heavy atom. The zero-order valence-corrected chi connectivity index (χ0v) is 9.93. The van der Waals surface area contributed by atoms with E-state index in [4.69, 9.17) is 0 Å². The zero-order valence-electron chi connectivity index (χ0n) is 9.93. The minimum atomic E-state index is -0.367. The summed E-state index contributed by atoms with van der Waals surface area (Å²) in [6.07, 6.45) is 1.17. The van der Waals surface area contributed by atoms with Crippen LogP contribution in [0.2, 0.25) is 0 Å². The molecule has 0 spiro atoms. The minimum Gasteiger partial charge on any atom is -0.315 e. The molecule has 1 aromatic carbocycles. The van der Waals surface area contributed by atoms with E-state index in [1.54, 1.807) is 12.1 Å². The van der Waals surface area contributed by atoms with Crippen LogP contribution in [0.25, 0.3) is 0 Å². The van der Waals surface area contributed by atoms with Gasteiger partial charge in [-0.3, -0.25) is 15.0 Å². The van der Waals surface area contributed by atoms with Crippen molar-refractivity contribution >= 4 is 5.69 Å². The van der Waals surface area contributed by atoms with Gasteiger partial charge in [-0.25, -0.2) is 0 Å². The van der Waals surface area contributed by atoms with Crippen LogP contribution in [-0.2, 0) is 6.54 Å². The number of rotatable bonds is 4. The molecule has 0 bridgehead atoms. The van der Waals surface area contributed by atoms with Gasteiger partial charge in [0.15, 0.2) is 0 Å². The van der Waals surface area contributed by atoms with E-state index in [2.05, 4.69) is 17.3 Å². The molecule has 5 nitrogen and oxygen atoms in total. The highest BCUT2D eigenvalue weighted by Gasteiger charge is 2.19. The summed E-state index contributed by atoms with van der Waals surface area (Å²) < 4.78 is 0. The summed E-state index contributed by atoms with van der Waals surface area (Å²) in [5.74, 6) is 0. The summed E-state index contributed by atoms with van der Waals surface area (Å²) in [5.41, 5.74) is 1.27. The summed E-state index contributed by atoms with van der Waals surface area (Å²) >= 11 is 0. The predicted molar refractivity (Wildman–Crippen MR) is 65.8 cm³/mol. The van der Waals surface area contributed by atoms with Crippen LogP contribution < -0.4 is 5.32 Å². The van der Waals surface area contributed by atoms with Crippen molar-refractivity contribution in [1.29, 1.82) is 0 Å². The van der Waals surface area contributed by atoms with Gasteiger partial charge in [0.1, 0.15) is 0 Å². The number of nitrogens with zero attached hydrogens (tertiary/aromatic N) is 2. The third-order valence-electron chi connectivity index (χ3n) is 3.24. The van der Waals surface area contributed by atoms with Gasteiger partial charge in [-0.1, -0.05) is 12.1 Å². The van der Waals surface area contributed by atoms with Crippen molar-refractivity contribution < 1.29 is 4.92 Å². The molecule has 1 heterocycles. The second kappa shape index (κ2) is 5.25. The van der Waals surface area contributed by atoms with Crippen molar-refractivity contribution in [3.63, 3.8) is 0 Å². The summed E-state index contributed by atoms with van der Waals surface area (Å²) in [6.45, 7) is 2.95. The second-order valence-corrected chi connectivity index (χ2v) is 4.49. The van der Waals surface area contributed by atoms with Crippen LogP contribution in [0.1, 0.15) is 12.0 Å². The van der Waals surface area contributed by atoms with E-state index >= 15 is 0 Å². The van der Waals surface area contributed by atoms with E-state index in [9.17, 15) is 10.1 Å². The van der Waals surface area contributed by atoms with Crippen LogP contribution in [0.5, 0.6) is 0 Å². The summed E-state index contributed by atoms with van der Waals surface area (Å²) in [7, 11) is 2.10. The standard InChI is InChI=1S/C12H17N3O2/c1-14(12-6-7-13-8-12)9-10-2-4-11(5-3-10)15(16)17/h2-5,12-13H,6-9H2,1H3. The van der Waals surface area contributed by atoms with Crippen LogP contribution >= 0.6 is 0 Å². The van der Waals surface area contributed by atoms with Crippen molar-refractivity contribution in [2.75, 3.05) is 20.1 Å². The van der Waals surface area contributed by atoms with E-state index < -0.39 is 0 Å². The highest BCUT2D eigenvalue weighted by molar-refractivity contribution is 5.32. The summed E-state index contributed by atoms with van der Waals surface area (Å²) in [6, 6.07) is 7.37. The molecule has 0 amide bonds. The molecular weight excluding hydrogens is 218 g/mol. The van der Waals surface area contributed by atoms with Gasteiger partial charge in [-0.15, -0.1) is 0 Å². The van der Waals surface area contributed by atoms with Gasteiger partial charge in [0.05, 0.1) is 4.92 Å². The highest BCUT2D eigenvalue weighted by atomic mass is 16.6. The Morgan fingerprint density at radius 2 is 2.18 bits per heavy atom. The predicted octanol–water partition coefficient (Wildman–Crippen LogP) is 1.39. The molecule has 1 saturated heterocycles. The smallest absolute Gasteiger partial charge is 0.269 e. The zero-order chi connectivity index (χ0) is 12.3. The van der Waals surface area contributed by atoms with Gasteiger partial charge in [0, 0.05) is 31.3 Å². The number of likely N-dealkylation sites (N-methyl/N-ethyl adjacent to an activating group) is 1. The van der Waals surface area contributed by atoms with Gasteiger partial charge in [-0.05, 0) is 25.6 Å². The first-order valence-electron chi connectivity index (χ1n) is 5.81. The minimum absolute atomic E-state index is 0.152. The molecule has 1 aliphatic heterocycles. The van der Waals surface area contributed by atoms with E-state index in [1.807, 2.05) is 12.1 Å². The van der Waals surface area contributed by atoms with Crippen molar-refractivity contribution in [1.82, 2.24) is 10.2 Å². The fourth-order valence-corrected chi connectivity index (χ4v) is 2.16. The highest BCUT2D eigenvalue weighted by Crippen LogP contribution is 2.15. The SMILES string of the molecule is CN(Cc1ccc([N+](=O)[O-])cc1)C1CCNC1. The van der Waals surface area contributed by atoms with Gasteiger partial charge < -0.3 is 5.32 Å². The van der Waals surface area contributed by atoms with Gasteiger partial charge >= 0.3 is 0 Å². The number of nitro groups is 1. The van der Waals surface area contributed by atoms with E-state index in [0.29, 0.717) is 6.04 Å². The summed E-state index contributed by atoms with van der Waals surface area (Å²) in [5, 5.41) is 13.9. The Balaban J connectivity index is 1.96. The molecule has 92 valence electrons. The number of nitrogens with one attached hydrogen (secondary N) is 1. The maximum Gasteiger partial charge on any atom is 0.269 e. The third-order valence-corrected chi connectivity index (χ3v) is 3.24. The van der Waals surface area contributed by atoms with Crippen LogP contribution in [-0.4, -0.2) is 36.0 Å². The molecule has 1 aliphatic rings. The van der Waals surface area contributed by atoms with Crippen LogP contribution in [0, 0.1) is 10.1 Å². The van der Waals surface area contributed by atoms with Crippen molar-refractivity contribution in [3.8, 4) is 0 Å². The fraction of sp³-hybridized carbons (Fsp3) is 0.500. The molecule has 1 unspecified atom stereocenters. The van der Waals surface area contributed by atoms with Gasteiger partial charge in [0.25, 0.3) is 5.69 Å². The molecule has 1 fully saturated rings. The van der Waals surface area contributed by atoms with Crippen molar-refractivity contribution in [2.24, 2.45) is 0 Å². The number of nitro benzene ring substituents is 1. The van der Waals surface area contributed by atoms with E-state index in [-0.39, 0.29) is 10.6 Å². The summed E-state index contributed by atoms with van der Waals surface area (Å²) in [4.78, 5) is 12.5. The third kappa shape index (κ3) is 3.01. The lowest BCUT2D eigenvalue weighted by Gasteiger charge is -2.23. The number of hydrogen-bond donors (Lipinski definition) is 1. The molecule has 5 heteroatoms. The molecular formula is C12H17N3O2. The Hall–Kier alpha value is -1.46. The van der Waals surface area contributed by atoms with E-state index in [0.717, 1.165) is 25.2 Å². The molecule has 1 N–H and O–H groups in total. The Bertz CT molecular complexity index is 385. The van der Waals surface area contributed by atoms with Crippen LogP contribution in [0.15, 0.2) is 24.3 Å². The lowest BCUT2D eigenvalue weighted by molar-refractivity contribution is -0.384. The van der Waals surface area contributed by atoms with Crippen molar-refractivity contribution in [3.05, 3.63) is 39.9 Å². The monoisotopic (exact) mass is 235 g/mol. The average molecular weight is 235 g/mol. The lowest BCUT2D eigenvalue weighted by atomic mass is 10.1. The van der Waals surface area contributed by atoms with Crippen LogP contribution in [0.3, 0.4) is 0 Å². The number of benzene rings is 1. The Labute approximate surface area is 101 Å². The van der Waals surface area contributed by atoms with Gasteiger partial charge in [0.2, 0.25) is 0 Å². The Kier molecular flexibility index (Phi) is 3.71. The van der Waals surface area contributed by atoms with Gasteiger partial charge in [-0.2, -0.15) is 0 Å². The molecule has 0 aliphatic carbocycles. The molecule has 17 heavy (non-hydrogen) atoms. The molecule has 1 aromatic rings. The fourth-order valence-electron chi connectivity index (χ4n) is 2.16. The molecule has 1 atom stereocenters. The maximum atomic E-state index is 10.5. The number of hydrogen-bond acceptors (Lipinski definition) is 4. The molecule has 0 aromatic heterocycles. The maximum absolute atomic E-state index is 10.5. The number of non-ortho nitro benzene ring substituents is 1.